The summed E-state index contributed by atoms with van der Waals surface area (Å²) in [7, 11) is 0. The number of benzene rings is 1. The average Bonchev–Trinajstić information content (AvgIpc) is 2.76. The number of anilines is 1. The van der Waals surface area contributed by atoms with Gasteiger partial charge in [0.05, 0.1) is 6.10 Å². The Kier molecular flexibility index (Phi) is 5.38. The molecule has 3 N–H and O–H groups in total. The predicted octanol–water partition coefficient (Wildman–Crippen LogP) is 0.470. The van der Waals surface area contributed by atoms with Crippen molar-refractivity contribution < 1.29 is 19.5 Å². The van der Waals surface area contributed by atoms with Crippen LogP contribution >= 0.6 is 15.9 Å². The number of hydrogen-bond donors (Lipinski definition) is 3. The monoisotopic (exact) mass is 383 g/mol. The SMILES string of the molecule is CCN1C(=O)[C@@H](NC(=O)C(=O)NC[C@H](C)O)c2cc(Br)ccc21. The van der Waals surface area contributed by atoms with Gasteiger partial charge in [0.25, 0.3) is 5.91 Å². The normalized spacial score (nSPS) is 17.7. The standard InChI is InChI=1S/C15H18BrN3O4/c1-3-19-11-5-4-9(16)6-10(11)12(15(19)23)18-14(22)13(21)17-7-8(2)20/h4-6,8,12,20H,3,7H2,1-2H3,(H,17,21)(H,18,22)/t8-,12-/m0/s1. The third-order valence-corrected chi connectivity index (χ3v) is 3.95. The number of nitrogens with zero attached hydrogens (tertiary/aromatic N) is 1. The molecular weight excluding hydrogens is 366 g/mol. The van der Waals surface area contributed by atoms with Crippen molar-refractivity contribution in [3.8, 4) is 0 Å². The zero-order valence-electron chi connectivity index (χ0n) is 12.8. The van der Waals surface area contributed by atoms with Crippen LogP contribution in [0.15, 0.2) is 22.7 Å². The Morgan fingerprint density at radius 2 is 2.09 bits per heavy atom. The first-order valence-corrected chi connectivity index (χ1v) is 8.02. The zero-order valence-corrected chi connectivity index (χ0v) is 14.4. The van der Waals surface area contributed by atoms with Crippen molar-refractivity contribution in [2.24, 2.45) is 0 Å². The molecular formula is C15H18BrN3O4. The number of fused-ring (bicyclic) bond motifs is 1. The molecule has 1 aliphatic heterocycles. The number of aliphatic hydroxyl groups is 1. The average molecular weight is 384 g/mol. The number of rotatable bonds is 4. The van der Waals surface area contributed by atoms with Gasteiger partial charge < -0.3 is 20.6 Å². The Morgan fingerprint density at radius 3 is 2.70 bits per heavy atom. The fraction of sp³-hybridized carbons (Fsp3) is 0.400. The van der Waals surface area contributed by atoms with E-state index in [-0.39, 0.29) is 12.5 Å². The third kappa shape index (κ3) is 3.70. The van der Waals surface area contributed by atoms with Gasteiger partial charge in [-0.3, -0.25) is 14.4 Å². The smallest absolute Gasteiger partial charge is 0.310 e. The van der Waals surface area contributed by atoms with E-state index < -0.39 is 24.0 Å². The quantitative estimate of drug-likeness (QED) is 0.658. The number of hydrogen-bond acceptors (Lipinski definition) is 4. The van der Waals surface area contributed by atoms with Gasteiger partial charge in [0.15, 0.2) is 0 Å². The first kappa shape index (κ1) is 17.4. The van der Waals surface area contributed by atoms with Crippen LogP contribution in [-0.2, 0) is 14.4 Å². The van der Waals surface area contributed by atoms with E-state index in [4.69, 9.17) is 5.11 Å². The molecule has 0 saturated carbocycles. The van der Waals surface area contributed by atoms with Gasteiger partial charge in [-0.1, -0.05) is 15.9 Å². The number of carbonyl (C=O) groups is 3. The lowest BCUT2D eigenvalue weighted by molar-refractivity contribution is -0.140. The van der Waals surface area contributed by atoms with E-state index in [1.54, 1.807) is 17.0 Å². The first-order chi connectivity index (χ1) is 10.8. The van der Waals surface area contributed by atoms with Crippen LogP contribution < -0.4 is 15.5 Å². The molecule has 3 amide bonds. The molecule has 1 heterocycles. The summed E-state index contributed by atoms with van der Waals surface area (Å²) in [6.45, 7) is 3.76. The third-order valence-electron chi connectivity index (χ3n) is 3.46. The van der Waals surface area contributed by atoms with Gasteiger partial charge in [0, 0.05) is 28.8 Å². The second-order valence-corrected chi connectivity index (χ2v) is 6.17. The highest BCUT2D eigenvalue weighted by Gasteiger charge is 2.38. The van der Waals surface area contributed by atoms with Crippen LogP contribution in [-0.4, -0.2) is 42.0 Å². The van der Waals surface area contributed by atoms with E-state index in [9.17, 15) is 14.4 Å². The molecule has 124 valence electrons. The minimum absolute atomic E-state index is 0.0336. The van der Waals surface area contributed by atoms with Crippen LogP contribution in [0.2, 0.25) is 0 Å². The summed E-state index contributed by atoms with van der Waals surface area (Å²) in [5.74, 6) is -2.07. The molecule has 7 nitrogen and oxygen atoms in total. The molecule has 0 unspecified atom stereocenters. The molecule has 0 spiro atoms. The van der Waals surface area contributed by atoms with Crippen molar-refractivity contribution in [1.82, 2.24) is 10.6 Å². The second kappa shape index (κ2) is 7.10. The zero-order chi connectivity index (χ0) is 17.1. The highest BCUT2D eigenvalue weighted by Crippen LogP contribution is 2.37. The van der Waals surface area contributed by atoms with E-state index >= 15 is 0 Å². The summed E-state index contributed by atoms with van der Waals surface area (Å²) in [5, 5.41) is 13.9. The van der Waals surface area contributed by atoms with Gasteiger partial charge in [0.2, 0.25) is 0 Å². The second-order valence-electron chi connectivity index (χ2n) is 5.25. The number of carbonyl (C=O) groups excluding carboxylic acids is 3. The maximum Gasteiger partial charge on any atom is 0.310 e. The van der Waals surface area contributed by atoms with Crippen molar-refractivity contribution in [2.45, 2.75) is 26.0 Å². The molecule has 2 rings (SSSR count). The van der Waals surface area contributed by atoms with Crippen molar-refractivity contribution >= 4 is 39.3 Å². The van der Waals surface area contributed by atoms with Gasteiger partial charge in [-0.05, 0) is 32.0 Å². The Labute approximate surface area is 142 Å². The van der Waals surface area contributed by atoms with E-state index in [0.717, 1.165) is 10.2 Å². The summed E-state index contributed by atoms with van der Waals surface area (Å²) in [6, 6.07) is 4.46. The maximum absolute atomic E-state index is 12.5. The summed E-state index contributed by atoms with van der Waals surface area (Å²) in [6.07, 6.45) is -0.757. The Morgan fingerprint density at radius 1 is 1.39 bits per heavy atom. The summed E-state index contributed by atoms with van der Waals surface area (Å²) < 4.78 is 0.778. The van der Waals surface area contributed by atoms with Crippen LogP contribution in [0.1, 0.15) is 25.5 Å². The van der Waals surface area contributed by atoms with E-state index in [0.29, 0.717) is 12.1 Å². The summed E-state index contributed by atoms with van der Waals surface area (Å²) in [5.41, 5.74) is 1.36. The Hall–Kier alpha value is -1.93. The number of aliphatic hydroxyl groups excluding tert-OH is 1. The first-order valence-electron chi connectivity index (χ1n) is 7.22. The minimum atomic E-state index is -0.909. The van der Waals surface area contributed by atoms with Gasteiger partial charge in [0.1, 0.15) is 6.04 Å². The molecule has 0 fully saturated rings. The molecule has 1 aromatic carbocycles. The number of nitrogens with one attached hydrogen (secondary N) is 2. The van der Waals surface area contributed by atoms with Crippen LogP contribution in [0.5, 0.6) is 0 Å². The van der Waals surface area contributed by atoms with Crippen LogP contribution in [0, 0.1) is 0 Å². The van der Waals surface area contributed by atoms with Crippen molar-refractivity contribution in [2.75, 3.05) is 18.0 Å². The number of halogens is 1. The summed E-state index contributed by atoms with van der Waals surface area (Å²) >= 11 is 3.34. The van der Waals surface area contributed by atoms with Crippen molar-refractivity contribution in [1.29, 1.82) is 0 Å². The Bertz CT molecular complexity index is 648. The fourth-order valence-corrected chi connectivity index (χ4v) is 2.77. The van der Waals surface area contributed by atoms with Gasteiger partial charge in [-0.25, -0.2) is 0 Å². The van der Waals surface area contributed by atoms with Crippen molar-refractivity contribution in [3.63, 3.8) is 0 Å². The van der Waals surface area contributed by atoms with Crippen LogP contribution in [0.25, 0.3) is 0 Å². The molecule has 1 aliphatic rings. The lowest BCUT2D eigenvalue weighted by Gasteiger charge is -2.15. The van der Waals surface area contributed by atoms with E-state index in [1.807, 2.05) is 13.0 Å². The highest BCUT2D eigenvalue weighted by atomic mass is 79.9. The lowest BCUT2D eigenvalue weighted by atomic mass is 10.1. The molecule has 1 aromatic rings. The van der Waals surface area contributed by atoms with Crippen molar-refractivity contribution in [3.05, 3.63) is 28.2 Å². The largest absolute Gasteiger partial charge is 0.392 e. The molecule has 2 atom stereocenters. The number of likely N-dealkylation sites (N-methyl/N-ethyl adjacent to an activating group) is 1. The van der Waals surface area contributed by atoms with Crippen LogP contribution in [0.4, 0.5) is 5.69 Å². The molecule has 0 aliphatic carbocycles. The van der Waals surface area contributed by atoms with E-state index in [1.165, 1.54) is 6.92 Å². The lowest BCUT2D eigenvalue weighted by Crippen LogP contribution is -2.45. The highest BCUT2D eigenvalue weighted by molar-refractivity contribution is 9.10. The predicted molar refractivity (Wildman–Crippen MR) is 87.7 cm³/mol. The molecule has 8 heteroatoms. The minimum Gasteiger partial charge on any atom is -0.392 e. The summed E-state index contributed by atoms with van der Waals surface area (Å²) in [4.78, 5) is 37.7. The molecule has 23 heavy (non-hydrogen) atoms. The molecule has 0 saturated heterocycles. The fourth-order valence-electron chi connectivity index (χ4n) is 2.39. The van der Waals surface area contributed by atoms with Gasteiger partial charge in [-0.15, -0.1) is 0 Å². The maximum atomic E-state index is 12.5. The van der Waals surface area contributed by atoms with Gasteiger partial charge >= 0.3 is 11.8 Å². The van der Waals surface area contributed by atoms with Crippen LogP contribution in [0.3, 0.4) is 0 Å². The number of amides is 3. The molecule has 0 aromatic heterocycles. The molecule has 0 bridgehead atoms. The van der Waals surface area contributed by atoms with Gasteiger partial charge in [-0.2, -0.15) is 0 Å². The topological polar surface area (TPSA) is 98.7 Å². The Balaban J connectivity index is 2.17. The molecule has 0 radical (unpaired) electrons. The van der Waals surface area contributed by atoms with E-state index in [2.05, 4.69) is 26.6 Å².